The lowest BCUT2D eigenvalue weighted by molar-refractivity contribution is -0.247. The monoisotopic (exact) mass is 600 g/mol. The predicted molar refractivity (Wildman–Crippen MR) is 146 cm³/mol. The minimum absolute atomic E-state index is 0.00555. The summed E-state index contributed by atoms with van der Waals surface area (Å²) < 4.78 is 27.8. The molecule has 0 bridgehead atoms. The van der Waals surface area contributed by atoms with Crippen molar-refractivity contribution in [3.05, 3.63) is 120 Å². The second-order valence-electron chi connectivity index (χ2n) is 9.34. The Morgan fingerprint density at radius 2 is 1.09 bits per heavy atom. The largest absolute Gasteiger partial charge is 0.459 e. The molecule has 1 aliphatic rings. The van der Waals surface area contributed by atoms with Gasteiger partial charge >= 0.3 is 23.9 Å². The average molecular weight is 601 g/mol. The summed E-state index contributed by atoms with van der Waals surface area (Å²) in [6.07, 6.45) is 6.08. The minimum Gasteiger partial charge on any atom is -0.459 e. The van der Waals surface area contributed by atoms with E-state index in [1.807, 2.05) is 0 Å². The zero-order valence-corrected chi connectivity index (χ0v) is 22.8. The van der Waals surface area contributed by atoms with Gasteiger partial charge in [-0.15, -0.1) is 0 Å². The first-order valence-electron chi connectivity index (χ1n) is 13.1. The molecule has 0 spiro atoms. The Bertz CT molecular complexity index is 1600. The molecule has 5 heterocycles. The number of hydrogen-bond donors (Lipinski definition) is 1. The van der Waals surface area contributed by atoms with E-state index in [4.69, 9.17) is 23.7 Å². The Morgan fingerprint density at radius 1 is 0.659 bits per heavy atom. The topological polar surface area (TPSA) is 186 Å². The molecule has 4 aromatic heterocycles. The van der Waals surface area contributed by atoms with Gasteiger partial charge < -0.3 is 28.8 Å². The predicted octanol–water partition coefficient (Wildman–Crippen LogP) is 1.82. The normalized spacial score (nSPS) is 20.7. The lowest BCUT2D eigenvalue weighted by atomic mass is 10.0. The average Bonchev–Trinajstić information content (AvgIpc) is 3.33. The third-order valence-electron chi connectivity index (χ3n) is 6.32. The van der Waals surface area contributed by atoms with E-state index in [1.165, 1.54) is 98.1 Å². The summed E-state index contributed by atoms with van der Waals surface area (Å²) in [7, 11) is 0. The van der Waals surface area contributed by atoms with Crippen LogP contribution in [0.4, 0.5) is 0 Å². The third-order valence-corrected chi connectivity index (χ3v) is 6.32. The highest BCUT2D eigenvalue weighted by atomic mass is 16.7. The molecule has 1 fully saturated rings. The minimum atomic E-state index is -2.57. The van der Waals surface area contributed by atoms with Gasteiger partial charge in [0, 0.05) is 49.6 Å². The molecule has 44 heavy (non-hydrogen) atoms. The Balaban J connectivity index is 1.44. The zero-order valence-electron chi connectivity index (χ0n) is 22.8. The van der Waals surface area contributed by atoms with Crippen molar-refractivity contribution in [2.24, 2.45) is 0 Å². The number of rotatable bonds is 10. The van der Waals surface area contributed by atoms with Gasteiger partial charge in [-0.3, -0.25) is 19.9 Å². The Labute approximate surface area is 249 Å². The van der Waals surface area contributed by atoms with Gasteiger partial charge in [0.05, 0.1) is 22.3 Å². The zero-order chi connectivity index (χ0) is 30.9. The van der Waals surface area contributed by atoms with E-state index < -0.39 is 61.2 Å². The van der Waals surface area contributed by atoms with E-state index in [9.17, 15) is 24.3 Å². The summed E-state index contributed by atoms with van der Waals surface area (Å²) in [6, 6.07) is 11.8. The number of carbonyl (C=O) groups excluding carboxylic acids is 4. The summed E-state index contributed by atoms with van der Waals surface area (Å²) in [6.45, 7) is -1.45. The Morgan fingerprint density at radius 3 is 1.55 bits per heavy atom. The molecular weight excluding hydrogens is 576 g/mol. The van der Waals surface area contributed by atoms with Crippen molar-refractivity contribution >= 4 is 23.9 Å². The van der Waals surface area contributed by atoms with E-state index in [0.29, 0.717) is 0 Å². The Kier molecular flexibility index (Phi) is 9.22. The van der Waals surface area contributed by atoms with E-state index in [1.54, 1.807) is 0 Å². The van der Waals surface area contributed by atoms with Crippen molar-refractivity contribution in [1.29, 1.82) is 0 Å². The number of carbonyl (C=O) groups is 4. The highest BCUT2D eigenvalue weighted by Crippen LogP contribution is 2.36. The summed E-state index contributed by atoms with van der Waals surface area (Å²) in [5.74, 6) is -6.10. The highest BCUT2D eigenvalue weighted by Gasteiger charge is 2.60. The molecule has 0 unspecified atom stereocenters. The fourth-order valence-corrected chi connectivity index (χ4v) is 4.19. The van der Waals surface area contributed by atoms with Crippen LogP contribution in [0.5, 0.6) is 0 Å². The van der Waals surface area contributed by atoms with Crippen LogP contribution in [0.15, 0.2) is 98.1 Å². The Hall–Kier alpha value is -5.60. The van der Waals surface area contributed by atoms with Gasteiger partial charge in [-0.05, 0) is 48.5 Å². The molecule has 1 aliphatic heterocycles. The van der Waals surface area contributed by atoms with Gasteiger partial charge in [-0.25, -0.2) is 19.2 Å². The number of aliphatic hydroxyl groups is 1. The standard InChI is InChI=1S/C30H24N4O10/c35-26(19-5-1-9-31-13-19)40-17-23-24(42-28(37)21-7-3-11-33-15-21)25(43-29(38)22-8-4-12-34-16-22)30(39,44-23)18-41-27(36)20-6-2-10-32-14-20/h1-16,23-25,39H,17-18H2/t23-,24-,25-,30-/m0/s1. The fraction of sp³-hybridized carbons (Fsp3) is 0.200. The molecule has 0 radical (unpaired) electrons. The first-order chi connectivity index (χ1) is 21.3. The molecule has 0 aliphatic carbocycles. The van der Waals surface area contributed by atoms with Crippen LogP contribution in [-0.4, -0.2) is 86.2 Å². The van der Waals surface area contributed by atoms with Crippen molar-refractivity contribution < 1.29 is 48.0 Å². The van der Waals surface area contributed by atoms with Crippen LogP contribution in [-0.2, 0) is 23.7 Å². The van der Waals surface area contributed by atoms with Crippen molar-refractivity contribution in [2.75, 3.05) is 13.2 Å². The molecule has 224 valence electrons. The number of esters is 4. The second kappa shape index (κ2) is 13.6. The van der Waals surface area contributed by atoms with Crippen molar-refractivity contribution in [3.8, 4) is 0 Å². The molecule has 1 saturated heterocycles. The summed E-state index contributed by atoms with van der Waals surface area (Å²) >= 11 is 0. The van der Waals surface area contributed by atoms with E-state index in [-0.39, 0.29) is 22.3 Å². The van der Waals surface area contributed by atoms with E-state index in [2.05, 4.69) is 19.9 Å². The van der Waals surface area contributed by atoms with Crippen LogP contribution in [0.25, 0.3) is 0 Å². The number of aromatic nitrogens is 4. The maximum absolute atomic E-state index is 13.1. The van der Waals surface area contributed by atoms with Crippen molar-refractivity contribution in [1.82, 2.24) is 19.9 Å². The van der Waals surface area contributed by atoms with Crippen LogP contribution >= 0.6 is 0 Å². The van der Waals surface area contributed by atoms with E-state index in [0.717, 1.165) is 0 Å². The van der Waals surface area contributed by atoms with Gasteiger partial charge in [-0.1, -0.05) is 0 Å². The lowest BCUT2D eigenvalue weighted by Gasteiger charge is -2.29. The highest BCUT2D eigenvalue weighted by molar-refractivity contribution is 5.91. The van der Waals surface area contributed by atoms with E-state index >= 15 is 0 Å². The summed E-state index contributed by atoms with van der Waals surface area (Å²) in [5, 5.41) is 11.7. The number of hydrogen-bond acceptors (Lipinski definition) is 14. The molecule has 4 aromatic rings. The van der Waals surface area contributed by atoms with Crippen LogP contribution in [0, 0.1) is 0 Å². The molecule has 5 rings (SSSR count). The maximum Gasteiger partial charge on any atom is 0.340 e. The van der Waals surface area contributed by atoms with Gasteiger partial charge in [0.25, 0.3) is 0 Å². The maximum atomic E-state index is 13.1. The lowest BCUT2D eigenvalue weighted by Crippen LogP contribution is -2.51. The SMILES string of the molecule is O=C(OC[C@@H]1O[C@@](O)(COC(=O)c2cccnc2)[C@@H](OC(=O)c2cccnc2)[C@H]1OC(=O)c1cccnc1)c1cccnc1. The summed E-state index contributed by atoms with van der Waals surface area (Å²) in [4.78, 5) is 67.1. The molecule has 0 saturated carbocycles. The van der Waals surface area contributed by atoms with Gasteiger partial charge in [0.1, 0.15) is 19.3 Å². The summed E-state index contributed by atoms with van der Waals surface area (Å²) in [5.41, 5.74) is 0.231. The fourth-order valence-electron chi connectivity index (χ4n) is 4.19. The molecule has 14 nitrogen and oxygen atoms in total. The number of ether oxygens (including phenoxy) is 5. The van der Waals surface area contributed by atoms with Crippen LogP contribution in [0.1, 0.15) is 41.4 Å². The van der Waals surface area contributed by atoms with Gasteiger partial charge in [-0.2, -0.15) is 0 Å². The molecule has 14 heteroatoms. The van der Waals surface area contributed by atoms with Crippen LogP contribution < -0.4 is 0 Å². The third kappa shape index (κ3) is 7.06. The van der Waals surface area contributed by atoms with Crippen LogP contribution in [0.3, 0.4) is 0 Å². The molecule has 0 amide bonds. The van der Waals surface area contributed by atoms with Gasteiger partial charge in [0.15, 0.2) is 12.2 Å². The van der Waals surface area contributed by atoms with Crippen molar-refractivity contribution in [3.63, 3.8) is 0 Å². The smallest absolute Gasteiger partial charge is 0.340 e. The molecular formula is C30H24N4O10. The van der Waals surface area contributed by atoms with Crippen molar-refractivity contribution in [2.45, 2.75) is 24.1 Å². The first kappa shape index (κ1) is 29.9. The number of nitrogens with zero attached hydrogens (tertiary/aromatic N) is 4. The first-order valence-corrected chi connectivity index (χ1v) is 13.1. The molecule has 1 N–H and O–H groups in total. The van der Waals surface area contributed by atoms with Crippen LogP contribution in [0.2, 0.25) is 0 Å². The second-order valence-corrected chi connectivity index (χ2v) is 9.34. The molecule has 0 aromatic carbocycles. The van der Waals surface area contributed by atoms with Gasteiger partial charge in [0.2, 0.25) is 5.79 Å². The molecule has 4 atom stereocenters. The number of pyridine rings is 4. The quantitative estimate of drug-likeness (QED) is 0.205.